The molecule has 0 aliphatic carbocycles. The van der Waals surface area contributed by atoms with Gasteiger partial charge in [0.05, 0.1) is 9.40 Å². The summed E-state index contributed by atoms with van der Waals surface area (Å²) in [6.45, 7) is 4.55. The molecule has 7 aromatic rings. The minimum atomic E-state index is 1.19. The van der Waals surface area contributed by atoms with E-state index in [0.717, 1.165) is 0 Å². The summed E-state index contributed by atoms with van der Waals surface area (Å²) >= 11 is 5.73. The second-order valence-corrected chi connectivity index (χ2v) is 17.7. The van der Waals surface area contributed by atoms with Crippen LogP contribution in [0.3, 0.4) is 0 Å². The molecule has 0 radical (unpaired) electrons. The first-order chi connectivity index (χ1) is 26.1. The summed E-state index contributed by atoms with van der Waals surface area (Å²) in [4.78, 5) is 2.62. The molecule has 7 rings (SSSR count). The second kappa shape index (κ2) is 18.8. The zero-order chi connectivity index (χ0) is 36.2. The normalized spacial score (nSPS) is 12.0. The third kappa shape index (κ3) is 10.1. The molecule has 3 aromatic heterocycles. The molecule has 0 fully saturated rings. The molecule has 0 aliphatic rings. The van der Waals surface area contributed by atoms with Crippen molar-refractivity contribution < 1.29 is 0 Å². The largest absolute Gasteiger partial charge is 0.133 e. The van der Waals surface area contributed by atoms with Crippen LogP contribution in [0.1, 0.15) is 110 Å². The maximum atomic E-state index is 2.35. The third-order valence-corrected chi connectivity index (χ3v) is 14.0. The Morgan fingerprint density at radius 3 is 1.11 bits per heavy atom. The summed E-state index contributed by atoms with van der Waals surface area (Å²) in [7, 11) is 0. The van der Waals surface area contributed by atoms with Crippen LogP contribution in [0.5, 0.6) is 0 Å². The van der Waals surface area contributed by atoms with Crippen LogP contribution in [-0.2, 0) is 12.8 Å². The maximum Gasteiger partial charge on any atom is 0.0635 e. The summed E-state index contributed by atoms with van der Waals surface area (Å²) in [5.74, 6) is 0. The van der Waals surface area contributed by atoms with Gasteiger partial charge < -0.3 is 0 Å². The number of aryl methyl sites for hydroxylation is 2. The highest BCUT2D eigenvalue weighted by Crippen LogP contribution is 2.44. The number of rotatable bonds is 18. The van der Waals surface area contributed by atoms with Crippen molar-refractivity contribution in [3.8, 4) is 22.3 Å². The molecule has 0 spiro atoms. The Balaban J connectivity index is 0.930. The molecule has 0 N–H and O–H groups in total. The zero-order valence-corrected chi connectivity index (χ0v) is 33.9. The van der Waals surface area contributed by atoms with E-state index >= 15 is 0 Å². The van der Waals surface area contributed by atoms with Crippen molar-refractivity contribution in [3.05, 3.63) is 141 Å². The van der Waals surface area contributed by atoms with Crippen LogP contribution in [0.15, 0.2) is 109 Å². The van der Waals surface area contributed by atoms with E-state index in [-0.39, 0.29) is 0 Å². The van der Waals surface area contributed by atoms with Gasteiger partial charge in [0.15, 0.2) is 0 Å². The van der Waals surface area contributed by atoms with Gasteiger partial charge in [0.2, 0.25) is 0 Å². The van der Waals surface area contributed by atoms with Crippen molar-refractivity contribution >= 4 is 77.1 Å². The van der Waals surface area contributed by atoms with E-state index in [1.165, 1.54) is 150 Å². The molecule has 53 heavy (non-hydrogen) atoms. The smallest absolute Gasteiger partial charge is 0.0635 e. The number of thiophene rings is 3. The van der Waals surface area contributed by atoms with E-state index in [1.807, 2.05) is 34.0 Å². The Kier molecular flexibility index (Phi) is 13.3. The van der Waals surface area contributed by atoms with Gasteiger partial charge >= 0.3 is 0 Å². The van der Waals surface area contributed by atoms with Crippen LogP contribution < -0.4 is 0 Å². The summed E-state index contributed by atoms with van der Waals surface area (Å²) in [5, 5.41) is 0. The van der Waals surface area contributed by atoms with Crippen molar-refractivity contribution in [2.24, 2.45) is 0 Å². The number of unbranched alkanes of at least 4 members (excludes halogenated alkanes) is 8. The number of fused-ring (bicyclic) bond motifs is 3. The Morgan fingerprint density at radius 1 is 0.377 bits per heavy atom. The topological polar surface area (TPSA) is 0 Å². The summed E-state index contributed by atoms with van der Waals surface area (Å²) in [6, 6.07) is 41.0. The monoisotopic (exact) mass is 748 g/mol. The highest BCUT2D eigenvalue weighted by Gasteiger charge is 2.12. The molecular weight excluding hydrogens is 697 g/mol. The lowest BCUT2D eigenvalue weighted by Gasteiger charge is -2.05. The van der Waals surface area contributed by atoms with Gasteiger partial charge in [0, 0.05) is 19.2 Å². The van der Waals surface area contributed by atoms with Gasteiger partial charge in [0.1, 0.15) is 0 Å². The van der Waals surface area contributed by atoms with Crippen molar-refractivity contribution in [2.75, 3.05) is 0 Å². The molecular formula is C50H52S3. The van der Waals surface area contributed by atoms with E-state index < -0.39 is 0 Å². The van der Waals surface area contributed by atoms with E-state index in [9.17, 15) is 0 Å². The first-order valence-electron chi connectivity index (χ1n) is 19.9. The molecule has 0 saturated heterocycles. The van der Waals surface area contributed by atoms with Gasteiger partial charge in [-0.25, -0.2) is 0 Å². The van der Waals surface area contributed by atoms with E-state index in [2.05, 4.69) is 147 Å². The number of hydrogen-bond acceptors (Lipinski definition) is 3. The van der Waals surface area contributed by atoms with Gasteiger partial charge in [0.25, 0.3) is 0 Å². The van der Waals surface area contributed by atoms with Gasteiger partial charge in [-0.3, -0.25) is 0 Å². The van der Waals surface area contributed by atoms with Gasteiger partial charge in [-0.15, -0.1) is 34.0 Å². The van der Waals surface area contributed by atoms with Gasteiger partial charge in [-0.1, -0.05) is 174 Å². The van der Waals surface area contributed by atoms with Gasteiger partial charge in [-0.2, -0.15) is 0 Å². The molecule has 0 nitrogen and oxygen atoms in total. The molecule has 0 aliphatic heterocycles. The molecule has 0 atom stereocenters. The van der Waals surface area contributed by atoms with Crippen molar-refractivity contribution in [1.29, 1.82) is 0 Å². The molecule has 0 bridgehead atoms. The highest BCUT2D eigenvalue weighted by atomic mass is 32.1. The molecule has 270 valence electrons. The Bertz CT molecular complexity index is 2060. The van der Waals surface area contributed by atoms with Gasteiger partial charge in [-0.05, 0) is 94.5 Å². The lowest BCUT2D eigenvalue weighted by molar-refractivity contribution is 0.632. The first kappa shape index (κ1) is 37.3. The molecule has 0 saturated carbocycles. The Hall–Kier alpha value is -4.02. The summed E-state index contributed by atoms with van der Waals surface area (Å²) in [5.41, 5.74) is 10.5. The standard InChI is InChI=1S/C50H52S3/c1-3-5-7-9-11-13-37-15-25-41(26-16-37)43-29-19-39(20-30-43)23-33-45-35-47-49(51-45)50-48(53-47)36-46(52-50)34-24-40-21-31-44(32-22-40)42-27-17-38(18-28-42)14-12-10-8-6-4-2/h15-36H,3-14H2,1-2H3. The van der Waals surface area contributed by atoms with E-state index in [4.69, 9.17) is 0 Å². The minimum absolute atomic E-state index is 1.19. The van der Waals surface area contributed by atoms with Crippen LogP contribution in [-0.4, -0.2) is 0 Å². The van der Waals surface area contributed by atoms with Crippen molar-refractivity contribution in [3.63, 3.8) is 0 Å². The molecule has 3 heterocycles. The number of benzene rings is 4. The SMILES string of the molecule is CCCCCCCc1ccc(-c2ccc(C=Cc3cc4sc5cc(C=Cc6ccc(-c7ccc(CCCCCCC)cc7)cc6)sc5c4s3)cc2)cc1. The molecule has 4 aromatic carbocycles. The third-order valence-electron chi connectivity index (χ3n) is 10.3. The quantitative estimate of drug-likeness (QED) is 0.0767. The second-order valence-electron chi connectivity index (χ2n) is 14.4. The predicted octanol–water partition coefficient (Wildman–Crippen LogP) is 16.9. The van der Waals surface area contributed by atoms with Crippen LogP contribution in [0.25, 0.3) is 65.4 Å². The fraction of sp³-hybridized carbons (Fsp3) is 0.280. The average Bonchev–Trinajstić information content (AvgIpc) is 3.88. The fourth-order valence-corrected chi connectivity index (χ4v) is 10.9. The average molecular weight is 749 g/mol. The Morgan fingerprint density at radius 2 is 0.736 bits per heavy atom. The zero-order valence-electron chi connectivity index (χ0n) is 31.4. The minimum Gasteiger partial charge on any atom is -0.133 e. The van der Waals surface area contributed by atoms with Crippen LogP contribution in [0, 0.1) is 0 Å². The highest BCUT2D eigenvalue weighted by molar-refractivity contribution is 7.38. The first-order valence-corrected chi connectivity index (χ1v) is 22.3. The fourth-order valence-electron chi connectivity index (χ4n) is 7.06. The van der Waals surface area contributed by atoms with Crippen LogP contribution >= 0.6 is 34.0 Å². The van der Waals surface area contributed by atoms with Crippen LogP contribution in [0.4, 0.5) is 0 Å². The lowest BCUT2D eigenvalue weighted by atomic mass is 10.00. The predicted molar refractivity (Wildman–Crippen MR) is 242 cm³/mol. The molecule has 3 heteroatoms. The summed E-state index contributed by atoms with van der Waals surface area (Å²) < 4.78 is 5.62. The molecule has 0 amide bonds. The Labute approximate surface area is 329 Å². The van der Waals surface area contributed by atoms with E-state index in [1.54, 1.807) is 0 Å². The van der Waals surface area contributed by atoms with Crippen molar-refractivity contribution in [2.45, 2.75) is 90.9 Å². The van der Waals surface area contributed by atoms with Crippen LogP contribution in [0.2, 0.25) is 0 Å². The lowest BCUT2D eigenvalue weighted by Crippen LogP contribution is -1.87. The van der Waals surface area contributed by atoms with Crippen molar-refractivity contribution in [1.82, 2.24) is 0 Å². The molecule has 0 unspecified atom stereocenters. The maximum absolute atomic E-state index is 2.35. The summed E-state index contributed by atoms with van der Waals surface area (Å²) in [6.07, 6.45) is 24.8. The number of hydrogen-bond donors (Lipinski definition) is 0. The van der Waals surface area contributed by atoms with E-state index in [0.29, 0.717) is 0 Å².